The molecule has 1 heterocycles. The molecule has 1 aliphatic rings. The molecular formula is C19H26N4O2. The van der Waals surface area contributed by atoms with Crippen LogP contribution in [-0.4, -0.2) is 28.2 Å². The Hall–Kier alpha value is -2.39. The fourth-order valence-electron chi connectivity index (χ4n) is 2.88. The minimum absolute atomic E-state index is 0. The normalized spacial score (nSPS) is 14.5. The summed E-state index contributed by atoms with van der Waals surface area (Å²) in [4.78, 5) is 20.4. The minimum Gasteiger partial charge on any atom is -0.378 e. The van der Waals surface area contributed by atoms with Crippen LogP contribution in [0, 0.1) is 6.57 Å². The molecule has 1 fully saturated rings. The summed E-state index contributed by atoms with van der Waals surface area (Å²) in [7, 11) is 1.60. The topological polar surface area (TPSA) is 60.5 Å². The first-order chi connectivity index (χ1) is 11.4. The van der Waals surface area contributed by atoms with Crippen molar-refractivity contribution >= 4 is 28.6 Å². The smallest absolute Gasteiger partial charge is 0.229 e. The standard InChI is InChI=1S/C18H22N4O2.CH4/c1-18(2,24-4)11-16(23)21-17-20-14-9-8-12(19-3)10-15(14)22(17)13-6-5-7-13;/h8-10,13H,5-7,11H2,1-2,4H3,(H,20,21,23);1H4. The summed E-state index contributed by atoms with van der Waals surface area (Å²) >= 11 is 0. The summed E-state index contributed by atoms with van der Waals surface area (Å²) in [5.74, 6) is 0.442. The second-order valence-electron chi connectivity index (χ2n) is 6.86. The van der Waals surface area contributed by atoms with E-state index in [9.17, 15) is 4.79 Å². The number of rotatable bonds is 5. The van der Waals surface area contributed by atoms with Gasteiger partial charge >= 0.3 is 0 Å². The summed E-state index contributed by atoms with van der Waals surface area (Å²) in [6, 6.07) is 5.78. The van der Waals surface area contributed by atoms with Crippen LogP contribution >= 0.6 is 0 Å². The van der Waals surface area contributed by atoms with E-state index < -0.39 is 5.60 Å². The largest absolute Gasteiger partial charge is 0.378 e. The number of carbonyl (C=O) groups excluding carboxylic acids is 1. The van der Waals surface area contributed by atoms with Gasteiger partial charge in [0.2, 0.25) is 11.9 Å². The van der Waals surface area contributed by atoms with Crippen molar-refractivity contribution in [2.75, 3.05) is 12.4 Å². The van der Waals surface area contributed by atoms with E-state index >= 15 is 0 Å². The molecule has 1 aromatic heterocycles. The second kappa shape index (κ2) is 7.24. The molecule has 0 saturated heterocycles. The molecule has 0 bridgehead atoms. The third kappa shape index (κ3) is 3.83. The van der Waals surface area contributed by atoms with E-state index in [1.54, 1.807) is 13.2 Å². The average molecular weight is 342 g/mol. The zero-order valence-corrected chi connectivity index (χ0v) is 14.3. The van der Waals surface area contributed by atoms with Crippen LogP contribution in [0.1, 0.15) is 53.0 Å². The molecule has 0 radical (unpaired) electrons. The molecule has 25 heavy (non-hydrogen) atoms. The van der Waals surface area contributed by atoms with E-state index in [-0.39, 0.29) is 19.8 Å². The van der Waals surface area contributed by atoms with Crippen molar-refractivity contribution in [2.45, 2.75) is 58.6 Å². The fourth-order valence-corrected chi connectivity index (χ4v) is 2.88. The number of carbonyl (C=O) groups is 1. The summed E-state index contributed by atoms with van der Waals surface area (Å²) in [6.45, 7) is 11.0. The van der Waals surface area contributed by atoms with Crippen molar-refractivity contribution in [3.63, 3.8) is 0 Å². The van der Waals surface area contributed by atoms with Crippen molar-refractivity contribution in [2.24, 2.45) is 0 Å². The summed E-state index contributed by atoms with van der Waals surface area (Å²) in [6.07, 6.45) is 3.57. The molecule has 1 aliphatic carbocycles. The molecular weight excluding hydrogens is 316 g/mol. The van der Waals surface area contributed by atoms with E-state index in [0.29, 0.717) is 17.7 Å². The van der Waals surface area contributed by atoms with Crippen molar-refractivity contribution in [1.29, 1.82) is 0 Å². The molecule has 3 rings (SSSR count). The van der Waals surface area contributed by atoms with Gasteiger partial charge in [-0.15, -0.1) is 0 Å². The first-order valence-corrected chi connectivity index (χ1v) is 8.18. The Morgan fingerprint density at radius 1 is 1.48 bits per heavy atom. The monoisotopic (exact) mass is 342 g/mol. The van der Waals surface area contributed by atoms with Crippen molar-refractivity contribution in [3.8, 4) is 0 Å². The van der Waals surface area contributed by atoms with Gasteiger partial charge in [0.15, 0.2) is 5.69 Å². The first-order valence-electron chi connectivity index (χ1n) is 8.18. The molecule has 1 aromatic carbocycles. The van der Waals surface area contributed by atoms with Gasteiger partial charge in [-0.1, -0.05) is 13.5 Å². The van der Waals surface area contributed by atoms with Crippen LogP contribution in [0.4, 0.5) is 11.6 Å². The SMILES string of the molecule is C.[C-]#[N+]c1ccc2nc(NC(=O)CC(C)(C)OC)n(C3CCC3)c2c1. The molecule has 0 spiro atoms. The van der Waals surface area contributed by atoms with Gasteiger partial charge < -0.3 is 9.30 Å². The van der Waals surface area contributed by atoms with Gasteiger partial charge in [-0.25, -0.2) is 9.83 Å². The quantitative estimate of drug-likeness (QED) is 0.801. The highest BCUT2D eigenvalue weighted by Crippen LogP contribution is 2.38. The first kappa shape index (κ1) is 18.9. The summed E-state index contributed by atoms with van der Waals surface area (Å²) < 4.78 is 7.40. The summed E-state index contributed by atoms with van der Waals surface area (Å²) in [5, 5.41) is 2.93. The number of nitrogens with zero attached hydrogens (tertiary/aromatic N) is 3. The number of hydrogen-bond acceptors (Lipinski definition) is 3. The lowest BCUT2D eigenvalue weighted by molar-refractivity contribution is -0.121. The van der Waals surface area contributed by atoms with E-state index in [1.807, 2.05) is 26.0 Å². The van der Waals surface area contributed by atoms with Crippen LogP contribution in [0.2, 0.25) is 0 Å². The molecule has 134 valence electrons. The van der Waals surface area contributed by atoms with Gasteiger partial charge in [0.05, 0.1) is 29.6 Å². The number of amides is 1. The van der Waals surface area contributed by atoms with Gasteiger partial charge in [0.1, 0.15) is 0 Å². The lowest BCUT2D eigenvalue weighted by atomic mass is 9.92. The molecule has 0 atom stereocenters. The van der Waals surface area contributed by atoms with Crippen LogP contribution in [0.3, 0.4) is 0 Å². The highest BCUT2D eigenvalue weighted by Gasteiger charge is 2.27. The van der Waals surface area contributed by atoms with Crippen molar-refractivity contribution < 1.29 is 9.53 Å². The zero-order chi connectivity index (χ0) is 17.3. The third-order valence-electron chi connectivity index (χ3n) is 4.63. The lowest BCUT2D eigenvalue weighted by Gasteiger charge is -2.29. The Kier molecular flexibility index (Phi) is 5.48. The number of benzene rings is 1. The number of aromatic nitrogens is 2. The maximum Gasteiger partial charge on any atom is 0.229 e. The Morgan fingerprint density at radius 3 is 2.76 bits per heavy atom. The lowest BCUT2D eigenvalue weighted by Crippen LogP contribution is -2.30. The van der Waals surface area contributed by atoms with Crippen LogP contribution in [-0.2, 0) is 9.53 Å². The fraction of sp³-hybridized carbons (Fsp3) is 0.526. The van der Waals surface area contributed by atoms with Gasteiger partial charge in [0.25, 0.3) is 0 Å². The Labute approximate surface area is 149 Å². The Balaban J connectivity index is 0.00000225. The highest BCUT2D eigenvalue weighted by molar-refractivity contribution is 5.92. The van der Waals surface area contributed by atoms with Crippen LogP contribution in [0.25, 0.3) is 15.9 Å². The zero-order valence-electron chi connectivity index (χ0n) is 14.3. The second-order valence-corrected chi connectivity index (χ2v) is 6.86. The van der Waals surface area contributed by atoms with Gasteiger partial charge in [-0.2, -0.15) is 0 Å². The predicted molar refractivity (Wildman–Crippen MR) is 99.9 cm³/mol. The Bertz CT molecular complexity index is 813. The molecule has 1 N–H and O–H groups in total. The highest BCUT2D eigenvalue weighted by atomic mass is 16.5. The minimum atomic E-state index is -0.519. The Morgan fingerprint density at radius 2 is 2.20 bits per heavy atom. The molecule has 2 aromatic rings. The molecule has 1 saturated carbocycles. The van der Waals surface area contributed by atoms with Crippen molar-refractivity contribution in [1.82, 2.24) is 9.55 Å². The van der Waals surface area contributed by atoms with Gasteiger partial charge in [-0.3, -0.25) is 10.1 Å². The van der Waals surface area contributed by atoms with E-state index in [0.717, 1.165) is 23.9 Å². The van der Waals surface area contributed by atoms with Crippen LogP contribution in [0.5, 0.6) is 0 Å². The maximum absolute atomic E-state index is 12.4. The van der Waals surface area contributed by atoms with E-state index in [2.05, 4.69) is 19.7 Å². The van der Waals surface area contributed by atoms with Crippen molar-refractivity contribution in [3.05, 3.63) is 29.6 Å². The predicted octanol–water partition coefficient (Wildman–Crippen LogP) is 4.70. The molecule has 0 unspecified atom stereocenters. The maximum atomic E-state index is 12.4. The molecule has 6 nitrogen and oxygen atoms in total. The molecule has 0 aliphatic heterocycles. The van der Waals surface area contributed by atoms with Crippen LogP contribution < -0.4 is 5.32 Å². The number of anilines is 1. The number of ether oxygens (including phenoxy) is 1. The van der Waals surface area contributed by atoms with Gasteiger partial charge in [0, 0.05) is 13.2 Å². The average Bonchev–Trinajstić information content (AvgIpc) is 2.82. The van der Waals surface area contributed by atoms with Crippen LogP contribution in [0.15, 0.2) is 18.2 Å². The number of hydrogen-bond donors (Lipinski definition) is 1. The third-order valence-corrected chi connectivity index (χ3v) is 4.63. The van der Waals surface area contributed by atoms with E-state index in [4.69, 9.17) is 11.3 Å². The van der Waals surface area contributed by atoms with Gasteiger partial charge in [-0.05, 0) is 45.2 Å². The van der Waals surface area contributed by atoms with E-state index in [1.165, 1.54) is 6.42 Å². The number of methoxy groups -OCH3 is 1. The number of nitrogens with one attached hydrogen (secondary N) is 1. The number of imidazole rings is 1. The molecule has 6 heteroatoms. The number of fused-ring (bicyclic) bond motifs is 1. The molecule has 1 amide bonds. The summed E-state index contributed by atoms with van der Waals surface area (Å²) in [5.41, 5.74) is 1.78.